The highest BCUT2D eigenvalue weighted by Gasteiger charge is 2.25. The maximum absolute atomic E-state index is 11.3. The molecule has 0 saturated heterocycles. The molecule has 0 aliphatic rings. The van der Waals surface area contributed by atoms with E-state index in [2.05, 4.69) is 6.92 Å². The monoisotopic (exact) mass is 138 g/mol. The van der Waals surface area contributed by atoms with Gasteiger partial charge in [-0.1, -0.05) is 13.3 Å². The maximum atomic E-state index is 11.3. The summed E-state index contributed by atoms with van der Waals surface area (Å²) in [4.78, 5) is 0. The molecule has 0 bridgehead atoms. The lowest BCUT2D eigenvalue weighted by molar-refractivity contribution is -0.134. The summed E-state index contributed by atoms with van der Waals surface area (Å²) in [6, 6.07) is 0. The highest BCUT2D eigenvalue weighted by atomic mass is 19.4. The van der Waals surface area contributed by atoms with Crippen molar-refractivity contribution in [1.82, 2.24) is 0 Å². The third-order valence-corrected chi connectivity index (χ3v) is 0.836. The fourth-order valence-electron chi connectivity index (χ4n) is 0.410. The first kappa shape index (κ1) is 8.79. The number of alkyl halides is 3. The van der Waals surface area contributed by atoms with Gasteiger partial charge >= 0.3 is 6.18 Å². The summed E-state index contributed by atoms with van der Waals surface area (Å²) < 4.78 is 34.0. The van der Waals surface area contributed by atoms with E-state index >= 15 is 0 Å². The van der Waals surface area contributed by atoms with Crippen molar-refractivity contribution in [2.75, 3.05) is 0 Å². The van der Waals surface area contributed by atoms with E-state index in [1.54, 1.807) is 0 Å². The van der Waals surface area contributed by atoms with E-state index < -0.39 is 12.6 Å². The number of unbranched alkanes of at least 4 members (excludes halogenated alkanes) is 2. The van der Waals surface area contributed by atoms with Crippen molar-refractivity contribution < 1.29 is 13.2 Å². The first-order valence-corrected chi connectivity index (χ1v) is 2.74. The highest BCUT2D eigenvalue weighted by molar-refractivity contribution is 4.67. The van der Waals surface area contributed by atoms with E-state index in [4.69, 9.17) is 0 Å². The van der Waals surface area contributed by atoms with Crippen molar-refractivity contribution in [2.45, 2.75) is 25.4 Å². The molecule has 0 nitrogen and oxygen atoms in total. The van der Waals surface area contributed by atoms with Crippen molar-refractivity contribution in [3.8, 4) is 0 Å². The van der Waals surface area contributed by atoms with Crippen LogP contribution in [0.4, 0.5) is 13.2 Å². The Morgan fingerprint density at radius 2 is 1.89 bits per heavy atom. The first-order valence-electron chi connectivity index (χ1n) is 2.74. The molecule has 0 aromatic rings. The van der Waals surface area contributed by atoms with Crippen LogP contribution in [-0.2, 0) is 0 Å². The summed E-state index contributed by atoms with van der Waals surface area (Å²) in [7, 11) is 0. The maximum Gasteiger partial charge on any atom is 0.389 e. The number of rotatable bonds is 3. The first-order chi connectivity index (χ1) is 4.06. The van der Waals surface area contributed by atoms with Crippen LogP contribution in [0.15, 0.2) is 0 Å². The molecular weight excluding hydrogens is 129 g/mol. The summed E-state index contributed by atoms with van der Waals surface area (Å²) in [5.41, 5.74) is 0. The Hall–Kier alpha value is -0.210. The van der Waals surface area contributed by atoms with Crippen LogP contribution in [0.25, 0.3) is 0 Å². The Kier molecular flexibility index (Phi) is 3.66. The van der Waals surface area contributed by atoms with E-state index in [0.717, 1.165) is 0 Å². The van der Waals surface area contributed by atoms with Gasteiger partial charge in [-0.25, -0.2) is 0 Å². The topological polar surface area (TPSA) is 0 Å². The molecule has 2 radical (unpaired) electrons. The zero-order valence-corrected chi connectivity index (χ0v) is 5.04. The van der Waals surface area contributed by atoms with Gasteiger partial charge in [0.15, 0.2) is 0 Å². The predicted octanol–water partition coefficient (Wildman–Crippen LogP) is 2.76. The third-order valence-electron chi connectivity index (χ3n) is 0.836. The summed E-state index contributed by atoms with van der Waals surface area (Å²) in [6.07, 6.45) is -2.65. The fraction of sp³-hybridized carbons (Fsp3) is 0.667. The van der Waals surface area contributed by atoms with Crippen LogP contribution in [0.2, 0.25) is 0 Å². The smallest absolute Gasteiger partial charge is 0.171 e. The molecule has 0 fully saturated rings. The molecule has 0 aliphatic heterocycles. The molecule has 0 aromatic heterocycles. The minimum atomic E-state index is -4.01. The van der Waals surface area contributed by atoms with Crippen molar-refractivity contribution in [1.29, 1.82) is 0 Å². The Morgan fingerprint density at radius 1 is 1.33 bits per heavy atom. The summed E-state index contributed by atoms with van der Waals surface area (Å²) >= 11 is 0. The second-order valence-corrected chi connectivity index (χ2v) is 1.73. The summed E-state index contributed by atoms with van der Waals surface area (Å²) in [6.45, 7) is 3.38. The molecule has 0 amide bonds. The molecule has 9 heavy (non-hydrogen) atoms. The molecule has 0 spiro atoms. The fourth-order valence-corrected chi connectivity index (χ4v) is 0.410. The second kappa shape index (κ2) is 3.75. The molecule has 0 unspecified atom stereocenters. The lowest BCUT2D eigenvalue weighted by atomic mass is 10.2. The molecule has 0 heterocycles. The molecule has 0 saturated carbocycles. The number of halogens is 3. The van der Waals surface area contributed by atoms with Gasteiger partial charge in [0, 0.05) is 6.42 Å². The second-order valence-electron chi connectivity index (χ2n) is 1.73. The summed E-state index contributed by atoms with van der Waals surface area (Å²) in [5, 5.41) is 0. The van der Waals surface area contributed by atoms with Gasteiger partial charge in [-0.3, -0.25) is 0 Å². The predicted molar refractivity (Wildman–Crippen MR) is 29.6 cm³/mol. The number of hydrogen-bond donors (Lipinski definition) is 0. The minimum absolute atomic E-state index is 0.0903. The van der Waals surface area contributed by atoms with Crippen LogP contribution in [0, 0.1) is 13.3 Å². The van der Waals surface area contributed by atoms with Crippen molar-refractivity contribution in [3.05, 3.63) is 13.3 Å². The molecule has 54 valence electrons. The molecule has 0 aliphatic carbocycles. The van der Waals surface area contributed by atoms with E-state index in [-0.39, 0.29) is 6.42 Å². The zero-order valence-electron chi connectivity index (χ0n) is 5.04. The third kappa shape index (κ3) is 7.79. The Balaban J connectivity index is 3.07. The van der Waals surface area contributed by atoms with Gasteiger partial charge in [0.25, 0.3) is 0 Å². The van der Waals surface area contributed by atoms with Crippen LogP contribution in [0.5, 0.6) is 0 Å². The van der Waals surface area contributed by atoms with Gasteiger partial charge in [-0.05, 0) is 12.8 Å². The van der Waals surface area contributed by atoms with Crippen LogP contribution >= 0.6 is 0 Å². The van der Waals surface area contributed by atoms with Crippen LogP contribution in [-0.4, -0.2) is 6.18 Å². The molecule has 0 rings (SSSR count). The largest absolute Gasteiger partial charge is 0.389 e. The van der Waals surface area contributed by atoms with E-state index in [1.807, 2.05) is 0 Å². The SMILES string of the molecule is [CH2]C[CH]CCC(F)(F)F. The minimum Gasteiger partial charge on any atom is -0.171 e. The van der Waals surface area contributed by atoms with E-state index in [0.29, 0.717) is 6.42 Å². The Morgan fingerprint density at radius 3 is 2.22 bits per heavy atom. The van der Waals surface area contributed by atoms with E-state index in [1.165, 1.54) is 6.42 Å². The zero-order chi connectivity index (χ0) is 7.33. The summed E-state index contributed by atoms with van der Waals surface area (Å²) in [5.74, 6) is 0. The lowest BCUT2D eigenvalue weighted by Gasteiger charge is -2.03. The van der Waals surface area contributed by atoms with E-state index in [9.17, 15) is 13.2 Å². The molecular formula is C6H9F3. The Bertz CT molecular complexity index is 65.2. The molecule has 0 N–H and O–H groups in total. The molecule has 3 heteroatoms. The van der Waals surface area contributed by atoms with Crippen molar-refractivity contribution in [2.24, 2.45) is 0 Å². The van der Waals surface area contributed by atoms with Gasteiger partial charge < -0.3 is 0 Å². The Labute approximate surface area is 53.1 Å². The normalized spacial score (nSPS) is 12.0. The molecule has 0 aromatic carbocycles. The van der Waals surface area contributed by atoms with Gasteiger partial charge in [-0.2, -0.15) is 13.2 Å². The van der Waals surface area contributed by atoms with Gasteiger partial charge in [0.05, 0.1) is 0 Å². The van der Waals surface area contributed by atoms with Crippen LogP contribution in [0.3, 0.4) is 0 Å². The highest BCUT2D eigenvalue weighted by Crippen LogP contribution is 2.21. The van der Waals surface area contributed by atoms with Crippen LogP contribution < -0.4 is 0 Å². The van der Waals surface area contributed by atoms with Gasteiger partial charge in [0.2, 0.25) is 0 Å². The lowest BCUT2D eigenvalue weighted by Crippen LogP contribution is -2.06. The van der Waals surface area contributed by atoms with Crippen molar-refractivity contribution >= 4 is 0 Å². The molecule has 0 atom stereocenters. The average Bonchev–Trinajstić information content (AvgIpc) is 1.63. The van der Waals surface area contributed by atoms with Crippen molar-refractivity contribution in [3.63, 3.8) is 0 Å². The quantitative estimate of drug-likeness (QED) is 0.526. The average molecular weight is 138 g/mol. The van der Waals surface area contributed by atoms with Crippen LogP contribution in [0.1, 0.15) is 19.3 Å². The van der Waals surface area contributed by atoms with Gasteiger partial charge in [-0.15, -0.1) is 0 Å². The standard InChI is InChI=1S/C6H9F3/c1-2-3-4-5-6(7,8)9/h3H,1-2,4-5H2. The van der Waals surface area contributed by atoms with Gasteiger partial charge in [0.1, 0.15) is 0 Å². The number of hydrogen-bond acceptors (Lipinski definition) is 0.